The van der Waals surface area contributed by atoms with E-state index in [1.807, 2.05) is 25.1 Å². The first kappa shape index (κ1) is 15.6. The summed E-state index contributed by atoms with van der Waals surface area (Å²) in [5, 5.41) is 5.78. The van der Waals surface area contributed by atoms with Crippen molar-refractivity contribution < 1.29 is 17.9 Å². The molecule has 116 valence electrons. The number of carbonyl (C=O) groups excluding carboxylic acids is 1. The Morgan fingerprint density at radius 3 is 2.76 bits per heavy atom. The van der Waals surface area contributed by atoms with Gasteiger partial charge in [0.1, 0.15) is 5.75 Å². The van der Waals surface area contributed by atoms with Crippen LogP contribution < -0.4 is 15.4 Å². The van der Waals surface area contributed by atoms with Crippen molar-refractivity contribution in [1.29, 1.82) is 0 Å². The monoisotopic (exact) mass is 312 g/mol. The Kier molecular flexibility index (Phi) is 4.72. The molecule has 1 aliphatic heterocycles. The van der Waals surface area contributed by atoms with Crippen molar-refractivity contribution in [3.8, 4) is 5.75 Å². The summed E-state index contributed by atoms with van der Waals surface area (Å²) in [5.41, 5.74) is 1.83. The lowest BCUT2D eigenvalue weighted by Crippen LogP contribution is -2.39. The van der Waals surface area contributed by atoms with Crippen LogP contribution >= 0.6 is 0 Å². The second kappa shape index (κ2) is 6.34. The number of nitrogens with one attached hydrogen (secondary N) is 2. The molecule has 0 radical (unpaired) electrons. The summed E-state index contributed by atoms with van der Waals surface area (Å²) in [6.07, 6.45) is 0.496. The Balaban J connectivity index is 1.84. The van der Waals surface area contributed by atoms with Crippen molar-refractivity contribution in [2.45, 2.75) is 19.4 Å². The predicted molar refractivity (Wildman–Crippen MR) is 81.4 cm³/mol. The zero-order valence-electron chi connectivity index (χ0n) is 12.2. The van der Waals surface area contributed by atoms with E-state index in [4.69, 9.17) is 4.74 Å². The number of sulfone groups is 1. The number of hydrogen-bond donors (Lipinski definition) is 2. The molecule has 21 heavy (non-hydrogen) atoms. The van der Waals surface area contributed by atoms with Gasteiger partial charge in [0.25, 0.3) is 0 Å². The predicted octanol–water partition coefficient (Wildman–Crippen LogP) is 0.719. The van der Waals surface area contributed by atoms with Crippen molar-refractivity contribution in [2.24, 2.45) is 0 Å². The first-order chi connectivity index (χ1) is 9.89. The minimum atomic E-state index is -2.97. The van der Waals surface area contributed by atoms with Gasteiger partial charge in [-0.3, -0.25) is 4.79 Å². The second-order valence-electron chi connectivity index (χ2n) is 5.20. The van der Waals surface area contributed by atoms with E-state index in [1.54, 1.807) is 7.11 Å². The number of hydrogen-bond acceptors (Lipinski definition) is 5. The van der Waals surface area contributed by atoms with Crippen LogP contribution in [0.15, 0.2) is 18.2 Å². The van der Waals surface area contributed by atoms with Crippen LogP contribution in [-0.2, 0) is 14.6 Å². The number of methoxy groups -OCH3 is 1. The van der Waals surface area contributed by atoms with Gasteiger partial charge >= 0.3 is 0 Å². The third kappa shape index (κ3) is 4.35. The fraction of sp³-hybridized carbons (Fsp3) is 0.500. The molecule has 0 bridgehead atoms. The van der Waals surface area contributed by atoms with Crippen LogP contribution in [-0.4, -0.2) is 45.5 Å². The molecule has 2 N–H and O–H groups in total. The number of benzene rings is 1. The Hall–Kier alpha value is -1.76. The van der Waals surface area contributed by atoms with Crippen LogP contribution in [0.25, 0.3) is 0 Å². The number of aryl methyl sites for hydroxylation is 1. The Bertz CT molecular complexity index is 628. The highest BCUT2D eigenvalue weighted by molar-refractivity contribution is 7.91. The van der Waals surface area contributed by atoms with Gasteiger partial charge in [-0.05, 0) is 37.1 Å². The van der Waals surface area contributed by atoms with E-state index in [-0.39, 0.29) is 30.0 Å². The van der Waals surface area contributed by atoms with Gasteiger partial charge in [0.05, 0.1) is 25.2 Å². The van der Waals surface area contributed by atoms with Crippen LogP contribution in [0.4, 0.5) is 5.69 Å². The molecular formula is C14H20N2O4S. The molecule has 1 aromatic carbocycles. The molecule has 1 fully saturated rings. The molecule has 1 atom stereocenters. The SMILES string of the molecule is COc1ccc(NCC(=O)N[C@H]2CCS(=O)(=O)C2)c(C)c1. The summed E-state index contributed by atoms with van der Waals surface area (Å²) >= 11 is 0. The van der Waals surface area contributed by atoms with Crippen LogP contribution in [0.2, 0.25) is 0 Å². The fourth-order valence-corrected chi connectivity index (χ4v) is 4.00. The van der Waals surface area contributed by atoms with Gasteiger partial charge in [-0.25, -0.2) is 8.42 Å². The summed E-state index contributed by atoms with van der Waals surface area (Å²) in [6, 6.07) is 5.28. The van der Waals surface area contributed by atoms with Crippen molar-refractivity contribution >= 4 is 21.4 Å². The summed E-state index contributed by atoms with van der Waals surface area (Å²) in [6.45, 7) is 2.04. The Labute approximate surface area is 124 Å². The molecule has 0 saturated carbocycles. The smallest absolute Gasteiger partial charge is 0.239 e. The third-order valence-electron chi connectivity index (χ3n) is 3.47. The maximum Gasteiger partial charge on any atom is 0.239 e. The molecule has 7 heteroatoms. The van der Waals surface area contributed by atoms with Crippen LogP contribution in [0, 0.1) is 6.92 Å². The lowest BCUT2D eigenvalue weighted by Gasteiger charge is -2.13. The van der Waals surface area contributed by atoms with Crippen molar-refractivity contribution in [2.75, 3.05) is 30.5 Å². The van der Waals surface area contributed by atoms with Gasteiger partial charge in [0.2, 0.25) is 5.91 Å². The normalized spacial score (nSPS) is 20.0. The molecular weight excluding hydrogens is 292 g/mol. The van der Waals surface area contributed by atoms with E-state index in [9.17, 15) is 13.2 Å². The standard InChI is InChI=1S/C14H20N2O4S/c1-10-7-12(20-2)3-4-13(10)15-8-14(17)16-11-5-6-21(18,19)9-11/h3-4,7,11,15H,5-6,8-9H2,1-2H3,(H,16,17)/t11-/m0/s1. The molecule has 1 heterocycles. The van der Waals surface area contributed by atoms with Gasteiger partial charge in [-0.15, -0.1) is 0 Å². The zero-order valence-corrected chi connectivity index (χ0v) is 13.0. The molecule has 1 amide bonds. The number of amides is 1. The molecule has 1 aromatic rings. The zero-order chi connectivity index (χ0) is 15.5. The average Bonchev–Trinajstić information content (AvgIpc) is 2.76. The largest absolute Gasteiger partial charge is 0.497 e. The van der Waals surface area contributed by atoms with E-state index in [2.05, 4.69) is 10.6 Å². The van der Waals surface area contributed by atoms with Crippen LogP contribution in [0.5, 0.6) is 5.75 Å². The number of rotatable bonds is 5. The maximum atomic E-state index is 11.8. The molecule has 2 rings (SSSR count). The number of ether oxygens (including phenoxy) is 1. The summed E-state index contributed by atoms with van der Waals surface area (Å²) in [5.74, 6) is 0.759. The van der Waals surface area contributed by atoms with Crippen molar-refractivity contribution in [1.82, 2.24) is 5.32 Å². The van der Waals surface area contributed by atoms with Crippen molar-refractivity contribution in [3.63, 3.8) is 0 Å². The van der Waals surface area contributed by atoms with Gasteiger partial charge in [-0.1, -0.05) is 0 Å². The lowest BCUT2D eigenvalue weighted by atomic mass is 10.2. The highest BCUT2D eigenvalue weighted by Crippen LogP contribution is 2.20. The topological polar surface area (TPSA) is 84.5 Å². The molecule has 1 saturated heterocycles. The number of anilines is 1. The van der Waals surface area contributed by atoms with E-state index < -0.39 is 9.84 Å². The van der Waals surface area contributed by atoms with Gasteiger partial charge in [0, 0.05) is 11.7 Å². The molecule has 6 nitrogen and oxygen atoms in total. The highest BCUT2D eigenvalue weighted by atomic mass is 32.2. The van der Waals surface area contributed by atoms with Gasteiger partial charge in [0.15, 0.2) is 9.84 Å². The third-order valence-corrected chi connectivity index (χ3v) is 5.24. The molecule has 0 spiro atoms. The average molecular weight is 312 g/mol. The summed E-state index contributed by atoms with van der Waals surface area (Å²) < 4.78 is 27.8. The van der Waals surface area contributed by atoms with Crippen LogP contribution in [0.1, 0.15) is 12.0 Å². The van der Waals surface area contributed by atoms with Crippen LogP contribution in [0.3, 0.4) is 0 Å². The Morgan fingerprint density at radius 2 is 2.19 bits per heavy atom. The fourth-order valence-electron chi connectivity index (χ4n) is 2.32. The quantitative estimate of drug-likeness (QED) is 0.837. The minimum Gasteiger partial charge on any atom is -0.497 e. The lowest BCUT2D eigenvalue weighted by molar-refractivity contribution is -0.119. The van der Waals surface area contributed by atoms with E-state index >= 15 is 0 Å². The second-order valence-corrected chi connectivity index (χ2v) is 7.43. The van der Waals surface area contributed by atoms with Gasteiger partial charge < -0.3 is 15.4 Å². The maximum absolute atomic E-state index is 11.8. The van der Waals surface area contributed by atoms with Gasteiger partial charge in [-0.2, -0.15) is 0 Å². The first-order valence-electron chi connectivity index (χ1n) is 6.78. The van der Waals surface area contributed by atoms with E-state index in [0.29, 0.717) is 6.42 Å². The summed E-state index contributed by atoms with van der Waals surface area (Å²) in [7, 11) is -1.37. The number of carbonyl (C=O) groups is 1. The highest BCUT2D eigenvalue weighted by Gasteiger charge is 2.28. The van der Waals surface area contributed by atoms with E-state index in [0.717, 1.165) is 17.0 Å². The molecule has 0 aliphatic carbocycles. The Morgan fingerprint density at radius 1 is 1.43 bits per heavy atom. The molecule has 0 unspecified atom stereocenters. The molecule has 1 aliphatic rings. The minimum absolute atomic E-state index is 0.0420. The van der Waals surface area contributed by atoms with E-state index in [1.165, 1.54) is 0 Å². The molecule has 0 aromatic heterocycles. The summed E-state index contributed by atoms with van der Waals surface area (Å²) in [4.78, 5) is 11.8. The van der Waals surface area contributed by atoms with Crippen molar-refractivity contribution in [3.05, 3.63) is 23.8 Å². The first-order valence-corrected chi connectivity index (χ1v) is 8.60.